The molecule has 6 nitrogen and oxygen atoms in total. The lowest BCUT2D eigenvalue weighted by atomic mass is 9.92. The molecule has 180 valence electrons. The second kappa shape index (κ2) is 8.81. The van der Waals surface area contributed by atoms with E-state index in [1.165, 1.54) is 5.56 Å². The Morgan fingerprint density at radius 2 is 2.03 bits per heavy atom. The summed E-state index contributed by atoms with van der Waals surface area (Å²) in [6, 6.07) is 11.6. The molecule has 4 aromatic rings. The second-order valence-electron chi connectivity index (χ2n) is 9.78. The van der Waals surface area contributed by atoms with Gasteiger partial charge in [-0.2, -0.15) is 0 Å². The van der Waals surface area contributed by atoms with E-state index in [1.807, 2.05) is 58.2 Å². The summed E-state index contributed by atoms with van der Waals surface area (Å²) in [5.41, 5.74) is 5.95. The van der Waals surface area contributed by atoms with E-state index in [0.29, 0.717) is 17.3 Å². The highest BCUT2D eigenvalue weighted by Crippen LogP contribution is 2.45. The number of fused-ring (bicyclic) bond motifs is 2. The summed E-state index contributed by atoms with van der Waals surface area (Å²) in [7, 11) is 0. The van der Waals surface area contributed by atoms with Gasteiger partial charge in [0.1, 0.15) is 11.4 Å². The molecule has 0 unspecified atom stereocenters. The number of hydrogen-bond donors (Lipinski definition) is 1. The van der Waals surface area contributed by atoms with Gasteiger partial charge in [0.15, 0.2) is 5.13 Å². The first-order valence-corrected chi connectivity index (χ1v) is 12.6. The molecule has 0 bridgehead atoms. The first-order chi connectivity index (χ1) is 16.6. The van der Waals surface area contributed by atoms with E-state index in [-0.39, 0.29) is 6.42 Å². The lowest BCUT2D eigenvalue weighted by molar-refractivity contribution is -0.136. The van der Waals surface area contributed by atoms with E-state index in [1.54, 1.807) is 17.4 Å². The highest BCUT2D eigenvalue weighted by molar-refractivity contribution is 7.22. The van der Waals surface area contributed by atoms with Gasteiger partial charge >= 0.3 is 5.97 Å². The van der Waals surface area contributed by atoms with Crippen molar-refractivity contribution in [2.24, 2.45) is 0 Å². The van der Waals surface area contributed by atoms with Crippen LogP contribution in [0.5, 0.6) is 5.75 Å². The maximum Gasteiger partial charge on any atom is 0.307 e. The summed E-state index contributed by atoms with van der Waals surface area (Å²) < 4.78 is 7.24. The normalized spacial score (nSPS) is 13.3. The molecule has 0 saturated carbocycles. The zero-order chi connectivity index (χ0) is 24.9. The van der Waals surface area contributed by atoms with E-state index in [2.05, 4.69) is 16.0 Å². The maximum absolute atomic E-state index is 11.9. The molecule has 0 fully saturated rings. The number of carbonyl (C=O) groups is 1. The summed E-state index contributed by atoms with van der Waals surface area (Å²) in [5.74, 6) is -0.261. The van der Waals surface area contributed by atoms with Gasteiger partial charge in [0.25, 0.3) is 0 Å². The molecular formula is C27H26ClN3O3S. The van der Waals surface area contributed by atoms with Crippen LogP contribution in [-0.4, -0.2) is 26.6 Å². The fourth-order valence-corrected chi connectivity index (χ4v) is 5.77. The van der Waals surface area contributed by atoms with Crippen LogP contribution in [0.3, 0.4) is 0 Å². The van der Waals surface area contributed by atoms with Crippen LogP contribution >= 0.6 is 22.9 Å². The number of aliphatic carboxylic acids is 1. The number of carboxylic acid groups (broad SMARTS) is 1. The molecule has 3 heterocycles. The quantitative estimate of drug-likeness (QED) is 0.326. The predicted octanol–water partition coefficient (Wildman–Crippen LogP) is 6.64. The molecule has 2 aromatic carbocycles. The third-order valence-corrected chi connectivity index (χ3v) is 7.30. The zero-order valence-corrected chi connectivity index (χ0v) is 21.6. The molecule has 1 N–H and O–H groups in total. The lowest BCUT2D eigenvalue weighted by Crippen LogP contribution is -2.23. The van der Waals surface area contributed by atoms with Crippen LogP contribution in [0.1, 0.15) is 43.2 Å². The number of carboxylic acids is 1. The minimum Gasteiger partial charge on any atom is -0.487 e. The predicted molar refractivity (Wildman–Crippen MR) is 141 cm³/mol. The van der Waals surface area contributed by atoms with Crippen molar-refractivity contribution in [1.82, 2.24) is 9.97 Å². The fraction of sp³-hybridized carbons (Fsp3) is 0.296. The molecule has 0 spiro atoms. The van der Waals surface area contributed by atoms with Gasteiger partial charge in [0, 0.05) is 28.9 Å². The van der Waals surface area contributed by atoms with Crippen molar-refractivity contribution in [3.8, 4) is 16.9 Å². The van der Waals surface area contributed by atoms with Gasteiger partial charge in [-0.25, -0.2) is 4.98 Å². The Balaban J connectivity index is 1.71. The summed E-state index contributed by atoms with van der Waals surface area (Å²) in [5, 5.41) is 11.2. The van der Waals surface area contributed by atoms with E-state index in [0.717, 1.165) is 49.8 Å². The SMILES string of the molecule is Cc1cc2nc(N3Cc4cccnc4C3)sc2c(-c2ccc(Cl)cc2OC(C)(C)C)c1CC(=O)O. The molecule has 5 rings (SSSR count). The van der Waals surface area contributed by atoms with Gasteiger partial charge < -0.3 is 14.7 Å². The van der Waals surface area contributed by atoms with E-state index < -0.39 is 11.6 Å². The van der Waals surface area contributed by atoms with Crippen LogP contribution in [0, 0.1) is 6.92 Å². The van der Waals surface area contributed by atoms with Crippen molar-refractivity contribution >= 4 is 44.3 Å². The Morgan fingerprint density at radius 1 is 1.23 bits per heavy atom. The number of pyridine rings is 1. The molecule has 35 heavy (non-hydrogen) atoms. The van der Waals surface area contributed by atoms with E-state index in [9.17, 15) is 9.90 Å². The van der Waals surface area contributed by atoms with Gasteiger partial charge in [0.2, 0.25) is 0 Å². The number of aryl methyl sites for hydroxylation is 1. The molecule has 0 amide bonds. The highest BCUT2D eigenvalue weighted by Gasteiger charge is 2.27. The van der Waals surface area contributed by atoms with Crippen LogP contribution in [0.15, 0.2) is 42.6 Å². The summed E-state index contributed by atoms with van der Waals surface area (Å²) in [6.07, 6.45) is 1.72. The monoisotopic (exact) mass is 507 g/mol. The van der Waals surface area contributed by atoms with Crippen LogP contribution < -0.4 is 9.64 Å². The van der Waals surface area contributed by atoms with Crippen LogP contribution in [0.25, 0.3) is 21.3 Å². The van der Waals surface area contributed by atoms with Crippen LogP contribution in [0.2, 0.25) is 5.02 Å². The standard InChI is InChI=1S/C27H26ClN3O3S/c1-15-10-20-25(35-26(30-20)31-13-16-6-5-9-29-21(16)14-31)24(19(15)12-23(32)33)18-8-7-17(28)11-22(18)34-27(2,3)4/h5-11H,12-14H2,1-4H3,(H,32,33). The Labute approximate surface area is 213 Å². The number of rotatable bonds is 5. The number of halogens is 1. The topological polar surface area (TPSA) is 75.5 Å². The number of ether oxygens (including phenoxy) is 1. The van der Waals surface area contributed by atoms with E-state index in [4.69, 9.17) is 21.3 Å². The molecule has 0 radical (unpaired) electrons. The minimum absolute atomic E-state index is 0.0962. The molecule has 0 saturated heterocycles. The number of hydrogen-bond acceptors (Lipinski definition) is 6. The van der Waals surface area contributed by atoms with Crippen molar-refractivity contribution < 1.29 is 14.6 Å². The number of aromatic nitrogens is 2. The van der Waals surface area contributed by atoms with Gasteiger partial charge in [-0.3, -0.25) is 9.78 Å². The molecule has 0 aliphatic carbocycles. The minimum atomic E-state index is -0.883. The van der Waals surface area contributed by atoms with Crippen molar-refractivity contribution in [2.45, 2.75) is 52.8 Å². The van der Waals surface area contributed by atoms with Gasteiger partial charge in [-0.15, -0.1) is 0 Å². The smallest absolute Gasteiger partial charge is 0.307 e. The van der Waals surface area contributed by atoms with Gasteiger partial charge in [-0.05, 0) is 74.7 Å². The summed E-state index contributed by atoms with van der Waals surface area (Å²) >= 11 is 7.92. The van der Waals surface area contributed by atoms with Crippen LogP contribution in [0.4, 0.5) is 5.13 Å². The average Bonchev–Trinajstić information content (AvgIpc) is 3.37. The largest absolute Gasteiger partial charge is 0.487 e. The van der Waals surface area contributed by atoms with E-state index >= 15 is 0 Å². The fourth-order valence-electron chi connectivity index (χ4n) is 4.47. The van der Waals surface area contributed by atoms with Gasteiger partial charge in [-0.1, -0.05) is 29.0 Å². The molecular weight excluding hydrogens is 482 g/mol. The van der Waals surface area contributed by atoms with Crippen molar-refractivity contribution in [3.05, 3.63) is 70.0 Å². The highest BCUT2D eigenvalue weighted by atomic mass is 35.5. The maximum atomic E-state index is 11.9. The third kappa shape index (κ3) is 4.70. The van der Waals surface area contributed by atoms with Crippen molar-refractivity contribution in [2.75, 3.05) is 4.90 Å². The Hall–Kier alpha value is -3.16. The average molecular weight is 508 g/mol. The molecule has 0 atom stereocenters. The number of anilines is 1. The van der Waals surface area contributed by atoms with Crippen LogP contribution in [-0.2, 0) is 24.3 Å². The molecule has 2 aromatic heterocycles. The molecule has 1 aliphatic heterocycles. The number of nitrogens with zero attached hydrogens (tertiary/aromatic N) is 3. The first-order valence-electron chi connectivity index (χ1n) is 11.4. The van der Waals surface area contributed by atoms with Crippen molar-refractivity contribution in [3.63, 3.8) is 0 Å². The number of benzene rings is 2. The molecule has 1 aliphatic rings. The zero-order valence-electron chi connectivity index (χ0n) is 20.1. The Morgan fingerprint density at radius 3 is 2.74 bits per heavy atom. The number of thiazole rings is 1. The second-order valence-corrected chi connectivity index (χ2v) is 11.2. The lowest BCUT2D eigenvalue weighted by Gasteiger charge is -2.24. The summed E-state index contributed by atoms with van der Waals surface area (Å²) in [6.45, 7) is 9.32. The first kappa shape index (κ1) is 23.6. The van der Waals surface area contributed by atoms with Gasteiger partial charge in [0.05, 0.1) is 28.9 Å². The molecule has 8 heteroatoms. The van der Waals surface area contributed by atoms with Crippen molar-refractivity contribution in [1.29, 1.82) is 0 Å². The summed E-state index contributed by atoms with van der Waals surface area (Å²) in [4.78, 5) is 23.6. The Bertz CT molecular complexity index is 1430. The Kier molecular flexibility index (Phi) is 5.93. The third-order valence-electron chi connectivity index (χ3n) is 5.91.